The van der Waals surface area contributed by atoms with Gasteiger partial charge in [-0.2, -0.15) is 5.10 Å². The van der Waals surface area contributed by atoms with Crippen LogP contribution < -0.4 is 11.2 Å². The fraction of sp³-hybridized carbons (Fsp3) is 0.294. The molecule has 1 aliphatic carbocycles. The second-order valence-electron chi connectivity index (χ2n) is 5.81. The molecule has 2 aromatic rings. The van der Waals surface area contributed by atoms with Gasteiger partial charge in [-0.1, -0.05) is 25.1 Å². The molecule has 0 aliphatic heterocycles. The summed E-state index contributed by atoms with van der Waals surface area (Å²) >= 11 is 0. The van der Waals surface area contributed by atoms with E-state index in [1.165, 1.54) is 17.5 Å². The second-order valence-corrected chi connectivity index (χ2v) is 5.81. The first-order valence-corrected chi connectivity index (χ1v) is 7.52. The first kappa shape index (κ1) is 14.4. The highest BCUT2D eigenvalue weighted by atomic mass is 16.2. The molecule has 1 unspecified atom stereocenters. The van der Waals surface area contributed by atoms with Gasteiger partial charge in [0.15, 0.2) is 0 Å². The number of rotatable bonds is 3. The SMILES string of the molecule is CC1CCc2c(cn(-c3ccccc3)c2/C=N\NC(N)=O)C1. The molecule has 0 radical (unpaired) electrons. The van der Waals surface area contributed by atoms with Crippen LogP contribution in [0.25, 0.3) is 5.69 Å². The van der Waals surface area contributed by atoms with Crippen LogP contribution in [0, 0.1) is 5.92 Å². The lowest BCUT2D eigenvalue weighted by Crippen LogP contribution is -2.24. The second kappa shape index (κ2) is 6.05. The molecule has 22 heavy (non-hydrogen) atoms. The Labute approximate surface area is 129 Å². The molecule has 0 bridgehead atoms. The molecule has 114 valence electrons. The van der Waals surface area contributed by atoms with E-state index in [0.29, 0.717) is 5.92 Å². The molecule has 0 fully saturated rings. The summed E-state index contributed by atoms with van der Waals surface area (Å²) in [6.45, 7) is 2.28. The lowest BCUT2D eigenvalue weighted by molar-refractivity contribution is 0.249. The number of hydrazone groups is 1. The number of nitrogens with two attached hydrogens (primary N) is 1. The number of fused-ring (bicyclic) bond motifs is 1. The molecule has 5 nitrogen and oxygen atoms in total. The van der Waals surface area contributed by atoms with Crippen molar-refractivity contribution in [3.63, 3.8) is 0 Å². The van der Waals surface area contributed by atoms with Crippen molar-refractivity contribution in [2.45, 2.75) is 26.2 Å². The van der Waals surface area contributed by atoms with E-state index in [0.717, 1.165) is 24.2 Å². The molecular weight excluding hydrogens is 276 g/mol. The molecule has 0 saturated heterocycles. The van der Waals surface area contributed by atoms with E-state index in [-0.39, 0.29) is 0 Å². The lowest BCUT2D eigenvalue weighted by Gasteiger charge is -2.18. The Morgan fingerprint density at radius 3 is 2.91 bits per heavy atom. The van der Waals surface area contributed by atoms with Crippen molar-refractivity contribution in [2.24, 2.45) is 16.8 Å². The number of nitrogens with zero attached hydrogens (tertiary/aromatic N) is 2. The highest BCUT2D eigenvalue weighted by molar-refractivity contribution is 5.83. The maximum absolute atomic E-state index is 10.8. The highest BCUT2D eigenvalue weighted by Crippen LogP contribution is 2.30. The van der Waals surface area contributed by atoms with Crippen LogP contribution in [0.4, 0.5) is 4.79 Å². The Morgan fingerprint density at radius 1 is 1.41 bits per heavy atom. The van der Waals surface area contributed by atoms with E-state index >= 15 is 0 Å². The number of benzene rings is 1. The lowest BCUT2D eigenvalue weighted by atomic mass is 9.86. The predicted octanol–water partition coefficient (Wildman–Crippen LogP) is 2.60. The van der Waals surface area contributed by atoms with Crippen LogP contribution >= 0.6 is 0 Å². The Kier molecular flexibility index (Phi) is 3.96. The summed E-state index contributed by atoms with van der Waals surface area (Å²) in [6, 6.07) is 9.49. The van der Waals surface area contributed by atoms with Gasteiger partial charge in [0.05, 0.1) is 11.9 Å². The zero-order valence-electron chi connectivity index (χ0n) is 12.6. The van der Waals surface area contributed by atoms with Crippen molar-refractivity contribution in [2.75, 3.05) is 0 Å². The third kappa shape index (κ3) is 2.88. The van der Waals surface area contributed by atoms with E-state index < -0.39 is 6.03 Å². The van der Waals surface area contributed by atoms with Gasteiger partial charge in [-0.05, 0) is 48.4 Å². The summed E-state index contributed by atoms with van der Waals surface area (Å²) in [4.78, 5) is 10.8. The molecule has 1 aromatic heterocycles. The maximum Gasteiger partial charge on any atom is 0.332 e. The number of hydrogen-bond donors (Lipinski definition) is 2. The van der Waals surface area contributed by atoms with E-state index in [4.69, 9.17) is 5.73 Å². The summed E-state index contributed by atoms with van der Waals surface area (Å²) in [5.41, 5.74) is 12.1. The molecule has 0 saturated carbocycles. The molecule has 1 atom stereocenters. The van der Waals surface area contributed by atoms with Crippen molar-refractivity contribution in [3.8, 4) is 5.69 Å². The molecular formula is C17H20N4O. The number of aromatic nitrogens is 1. The monoisotopic (exact) mass is 296 g/mol. The Hall–Kier alpha value is -2.56. The van der Waals surface area contributed by atoms with E-state index in [2.05, 4.69) is 40.3 Å². The van der Waals surface area contributed by atoms with Crippen LogP contribution in [0.15, 0.2) is 41.6 Å². The number of hydrogen-bond acceptors (Lipinski definition) is 2. The third-order valence-electron chi connectivity index (χ3n) is 4.09. The first-order valence-electron chi connectivity index (χ1n) is 7.52. The molecule has 3 N–H and O–H groups in total. The highest BCUT2D eigenvalue weighted by Gasteiger charge is 2.21. The van der Waals surface area contributed by atoms with E-state index in [9.17, 15) is 4.79 Å². The van der Waals surface area contributed by atoms with Crippen molar-refractivity contribution in [1.82, 2.24) is 9.99 Å². The Morgan fingerprint density at radius 2 is 2.18 bits per heavy atom. The average Bonchev–Trinajstić information content (AvgIpc) is 2.86. The van der Waals surface area contributed by atoms with Crippen LogP contribution in [0.3, 0.4) is 0 Å². The largest absolute Gasteiger partial charge is 0.350 e. The van der Waals surface area contributed by atoms with Gasteiger partial charge in [-0.25, -0.2) is 10.2 Å². The normalized spacial score (nSPS) is 17.4. The van der Waals surface area contributed by atoms with Gasteiger partial charge in [-0.3, -0.25) is 0 Å². The number of para-hydroxylation sites is 1. The van der Waals surface area contributed by atoms with Crippen molar-refractivity contribution in [3.05, 3.63) is 53.3 Å². The molecule has 0 spiro atoms. The average molecular weight is 296 g/mol. The van der Waals surface area contributed by atoms with Crippen molar-refractivity contribution >= 4 is 12.2 Å². The van der Waals surface area contributed by atoms with E-state index in [1.807, 2.05) is 18.2 Å². The minimum absolute atomic E-state index is 0.656. The number of carbonyl (C=O) groups is 1. The first-order chi connectivity index (χ1) is 10.6. The maximum atomic E-state index is 10.8. The van der Waals surface area contributed by atoms with Gasteiger partial charge in [0, 0.05) is 11.9 Å². The third-order valence-corrected chi connectivity index (χ3v) is 4.09. The zero-order valence-corrected chi connectivity index (χ0v) is 12.6. The topological polar surface area (TPSA) is 72.4 Å². The number of urea groups is 1. The van der Waals surface area contributed by atoms with Gasteiger partial charge in [0.25, 0.3) is 0 Å². The summed E-state index contributed by atoms with van der Waals surface area (Å²) < 4.78 is 2.13. The number of carbonyl (C=O) groups excluding carboxylic acids is 1. The van der Waals surface area contributed by atoms with Crippen molar-refractivity contribution in [1.29, 1.82) is 0 Å². The minimum Gasteiger partial charge on any atom is -0.350 e. The summed E-state index contributed by atoms with van der Waals surface area (Å²) in [5, 5.41) is 3.96. The standard InChI is InChI=1S/C17H20N4O/c1-12-7-8-15-13(9-12)11-21(14-5-3-2-4-6-14)16(15)10-19-20-17(18)22/h2-6,10-12H,7-9H2,1H3,(H3,18,20,22)/b19-10-. The van der Waals surface area contributed by atoms with Gasteiger partial charge in [-0.15, -0.1) is 0 Å². The van der Waals surface area contributed by atoms with Gasteiger partial charge < -0.3 is 10.3 Å². The smallest absolute Gasteiger partial charge is 0.332 e. The zero-order chi connectivity index (χ0) is 15.5. The molecule has 1 aromatic carbocycles. The minimum atomic E-state index is -0.656. The van der Waals surface area contributed by atoms with Crippen LogP contribution in [-0.4, -0.2) is 16.8 Å². The Bertz CT molecular complexity index is 703. The van der Waals surface area contributed by atoms with E-state index in [1.54, 1.807) is 6.21 Å². The molecule has 2 amide bonds. The quantitative estimate of drug-likeness (QED) is 0.663. The molecule has 5 heteroatoms. The van der Waals surface area contributed by atoms with Crippen molar-refractivity contribution < 1.29 is 4.79 Å². The predicted molar refractivity (Wildman–Crippen MR) is 87.3 cm³/mol. The summed E-state index contributed by atoms with van der Waals surface area (Å²) in [5.74, 6) is 0.702. The fourth-order valence-corrected chi connectivity index (χ4v) is 3.05. The van der Waals surface area contributed by atoms with Crippen LogP contribution in [0.5, 0.6) is 0 Å². The molecule has 3 rings (SSSR count). The van der Waals surface area contributed by atoms with Crippen LogP contribution in [-0.2, 0) is 12.8 Å². The van der Waals surface area contributed by atoms with Gasteiger partial charge in [0.2, 0.25) is 0 Å². The fourth-order valence-electron chi connectivity index (χ4n) is 3.05. The number of primary amides is 1. The van der Waals surface area contributed by atoms with Gasteiger partial charge >= 0.3 is 6.03 Å². The molecule has 1 aliphatic rings. The summed E-state index contributed by atoms with van der Waals surface area (Å²) in [6.07, 6.45) is 7.17. The van der Waals surface area contributed by atoms with Gasteiger partial charge in [0.1, 0.15) is 0 Å². The van der Waals surface area contributed by atoms with Crippen LogP contribution in [0.1, 0.15) is 30.2 Å². The molecule has 1 heterocycles. The summed E-state index contributed by atoms with van der Waals surface area (Å²) in [7, 11) is 0. The Balaban J connectivity index is 2.04. The van der Waals surface area contributed by atoms with Crippen LogP contribution in [0.2, 0.25) is 0 Å². The number of nitrogens with one attached hydrogen (secondary N) is 1. The number of amides is 2.